The quantitative estimate of drug-likeness (QED) is 0.112. The predicted octanol–water partition coefficient (Wildman–Crippen LogP) is -4.10. The summed E-state index contributed by atoms with van der Waals surface area (Å²) in [5.74, 6) is -3.37. The minimum absolute atomic E-state index is 0. The van der Waals surface area contributed by atoms with Crippen LogP contribution in [0, 0.1) is 0 Å². The van der Waals surface area contributed by atoms with E-state index in [4.69, 9.17) is 9.94 Å². The molecular formula is C16H14N3NaO7S2. The second-order valence-electron chi connectivity index (χ2n) is 5.81. The summed E-state index contributed by atoms with van der Waals surface area (Å²) in [5.41, 5.74) is -0.353. The molecule has 2 amide bonds. The molecule has 0 radical (unpaired) electrons. The van der Waals surface area contributed by atoms with Gasteiger partial charge in [0.15, 0.2) is 5.71 Å². The number of hydrogen-bond donors (Lipinski definition) is 2. The van der Waals surface area contributed by atoms with Crippen molar-refractivity contribution in [3.05, 3.63) is 33.7 Å². The molecule has 1 fully saturated rings. The number of oxime groups is 1. The van der Waals surface area contributed by atoms with Crippen LogP contribution in [0.5, 0.6) is 0 Å². The van der Waals surface area contributed by atoms with E-state index in [-0.39, 0.29) is 58.9 Å². The Morgan fingerprint density at radius 1 is 1.45 bits per heavy atom. The normalized spacial score (nSPS) is 20.9. The van der Waals surface area contributed by atoms with Gasteiger partial charge in [-0.3, -0.25) is 19.3 Å². The summed E-state index contributed by atoms with van der Waals surface area (Å²) < 4.78 is 4.83. The summed E-state index contributed by atoms with van der Waals surface area (Å²) in [4.78, 5) is 48.8. The number of carboxylic acids is 1. The van der Waals surface area contributed by atoms with Gasteiger partial charge in [-0.15, -0.1) is 23.1 Å². The van der Waals surface area contributed by atoms with Gasteiger partial charge in [-0.05, 0) is 11.4 Å². The Kier molecular flexibility index (Phi) is 7.88. The molecule has 0 unspecified atom stereocenters. The van der Waals surface area contributed by atoms with Crippen LogP contribution in [0.2, 0.25) is 0 Å². The van der Waals surface area contributed by atoms with E-state index < -0.39 is 35.2 Å². The molecule has 1 aromatic heterocycles. The molecular weight excluding hydrogens is 433 g/mol. The van der Waals surface area contributed by atoms with Crippen LogP contribution in [0.25, 0.3) is 0 Å². The molecule has 0 aromatic carbocycles. The van der Waals surface area contributed by atoms with Gasteiger partial charge in [0.05, 0.1) is 16.5 Å². The van der Waals surface area contributed by atoms with Crippen molar-refractivity contribution >= 4 is 52.6 Å². The van der Waals surface area contributed by atoms with E-state index in [1.165, 1.54) is 30.0 Å². The van der Waals surface area contributed by atoms with Gasteiger partial charge >= 0.3 is 35.5 Å². The van der Waals surface area contributed by atoms with Crippen LogP contribution in [0.1, 0.15) is 11.8 Å². The Morgan fingerprint density at radius 2 is 2.17 bits per heavy atom. The molecule has 0 aliphatic carbocycles. The average Bonchev–Trinajstić information content (AvgIpc) is 3.18. The third-order valence-corrected chi connectivity index (χ3v) is 6.26. The van der Waals surface area contributed by atoms with Crippen molar-refractivity contribution in [3.8, 4) is 0 Å². The van der Waals surface area contributed by atoms with Gasteiger partial charge in [0.2, 0.25) is 0 Å². The fraction of sp³-hybridized carbons (Fsp3) is 0.312. The molecule has 10 nitrogen and oxygen atoms in total. The zero-order valence-electron chi connectivity index (χ0n) is 15.4. The SMILES string of the molecule is CC(=O)OCC1=C(C(=O)[O-])N2C(=O)[C@@H](NC(=O)C(=NO)c3cccs3)[C@@H]2SC1.[Na+]. The molecule has 2 N–H and O–H groups in total. The Labute approximate surface area is 195 Å². The van der Waals surface area contributed by atoms with Crippen LogP contribution in [0.4, 0.5) is 0 Å². The largest absolute Gasteiger partial charge is 1.00 e. The molecule has 148 valence electrons. The van der Waals surface area contributed by atoms with Gasteiger partial charge in [-0.25, -0.2) is 0 Å². The Morgan fingerprint density at radius 3 is 2.72 bits per heavy atom. The van der Waals surface area contributed by atoms with Crippen LogP contribution in [0.3, 0.4) is 0 Å². The fourth-order valence-electron chi connectivity index (χ4n) is 2.80. The standard InChI is InChI=1S/C16H15N3O7S2.Na/c1-7(20)26-5-8-6-28-15-11(14(22)19(15)12(8)16(23)24)17-13(21)10(18-25)9-3-2-4-27-9;/h2-4,11,15,25H,5-6H2,1H3,(H,17,21)(H,23,24);/q;+1/p-1/t11-,15+;/m1./s1. The number of thioether (sulfide) groups is 1. The van der Waals surface area contributed by atoms with E-state index in [9.17, 15) is 24.3 Å². The number of rotatable bonds is 6. The van der Waals surface area contributed by atoms with Crippen LogP contribution in [-0.2, 0) is 23.9 Å². The number of nitrogens with zero attached hydrogens (tertiary/aromatic N) is 2. The Balaban J connectivity index is 0.00000300. The van der Waals surface area contributed by atoms with E-state index in [0.717, 1.165) is 4.90 Å². The molecule has 0 spiro atoms. The first-order valence-electron chi connectivity index (χ1n) is 7.93. The van der Waals surface area contributed by atoms with Crippen LogP contribution in [0.15, 0.2) is 33.9 Å². The minimum atomic E-state index is -1.57. The summed E-state index contributed by atoms with van der Waals surface area (Å²) in [5, 5.41) is 27.2. The van der Waals surface area contributed by atoms with Gasteiger partial charge in [0.1, 0.15) is 18.0 Å². The van der Waals surface area contributed by atoms with Crippen LogP contribution >= 0.6 is 23.1 Å². The zero-order chi connectivity index (χ0) is 20.4. The molecule has 29 heavy (non-hydrogen) atoms. The van der Waals surface area contributed by atoms with Crippen molar-refractivity contribution in [2.45, 2.75) is 18.3 Å². The maximum Gasteiger partial charge on any atom is 1.00 e. The van der Waals surface area contributed by atoms with Crippen molar-refractivity contribution in [2.75, 3.05) is 12.4 Å². The number of esters is 1. The number of thiophene rings is 1. The van der Waals surface area contributed by atoms with Gasteiger partial charge in [-0.1, -0.05) is 11.2 Å². The molecule has 3 rings (SSSR count). The number of carbonyl (C=O) groups excluding carboxylic acids is 4. The van der Waals surface area contributed by atoms with E-state index >= 15 is 0 Å². The van der Waals surface area contributed by atoms with Crippen LogP contribution in [-0.4, -0.2) is 63.3 Å². The topological polar surface area (TPSA) is 148 Å². The molecule has 2 atom stereocenters. The van der Waals surface area contributed by atoms with Gasteiger partial charge < -0.3 is 25.2 Å². The van der Waals surface area contributed by atoms with E-state index in [2.05, 4.69) is 10.5 Å². The number of fused-ring (bicyclic) bond motifs is 1. The number of ether oxygens (including phenoxy) is 1. The van der Waals surface area contributed by atoms with Crippen LogP contribution < -0.4 is 40.0 Å². The molecule has 2 aliphatic heterocycles. The second kappa shape index (κ2) is 9.76. The number of hydrogen-bond acceptors (Lipinski definition) is 10. The third-order valence-electron chi connectivity index (χ3n) is 4.05. The fourth-order valence-corrected chi connectivity index (χ4v) is 4.83. The first-order valence-corrected chi connectivity index (χ1v) is 9.86. The van der Waals surface area contributed by atoms with Crippen molar-refractivity contribution in [2.24, 2.45) is 5.16 Å². The van der Waals surface area contributed by atoms with E-state index in [1.54, 1.807) is 17.5 Å². The number of nitrogens with one attached hydrogen (secondary N) is 1. The van der Waals surface area contributed by atoms with Crippen molar-refractivity contribution in [3.63, 3.8) is 0 Å². The number of β-lactam (4-membered cyclic amide) rings is 1. The molecule has 1 aromatic rings. The summed E-state index contributed by atoms with van der Waals surface area (Å²) in [6.45, 7) is 0.922. The number of aliphatic carboxylic acids is 1. The summed E-state index contributed by atoms with van der Waals surface area (Å²) in [6, 6.07) is 2.27. The maximum absolute atomic E-state index is 12.5. The molecule has 1 saturated heterocycles. The summed E-state index contributed by atoms with van der Waals surface area (Å²) >= 11 is 2.40. The Bertz CT molecular complexity index is 900. The monoisotopic (exact) mass is 447 g/mol. The van der Waals surface area contributed by atoms with E-state index in [0.29, 0.717) is 4.88 Å². The Hall–Kier alpha value is -1.86. The molecule has 13 heteroatoms. The molecule has 0 bridgehead atoms. The minimum Gasteiger partial charge on any atom is -0.543 e. The van der Waals surface area contributed by atoms with Gasteiger partial charge in [-0.2, -0.15) is 0 Å². The smallest absolute Gasteiger partial charge is 0.543 e. The number of carboxylic acid groups (broad SMARTS) is 1. The van der Waals surface area contributed by atoms with Crippen molar-refractivity contribution in [1.82, 2.24) is 10.2 Å². The predicted molar refractivity (Wildman–Crippen MR) is 96.3 cm³/mol. The van der Waals surface area contributed by atoms with Gasteiger partial charge in [0, 0.05) is 18.2 Å². The summed E-state index contributed by atoms with van der Waals surface area (Å²) in [6.07, 6.45) is 0. The van der Waals surface area contributed by atoms with Crippen molar-refractivity contribution in [1.29, 1.82) is 0 Å². The first kappa shape index (κ1) is 23.4. The third kappa shape index (κ3) is 4.67. The summed E-state index contributed by atoms with van der Waals surface area (Å²) in [7, 11) is 0. The first-order chi connectivity index (χ1) is 13.3. The van der Waals surface area contributed by atoms with E-state index in [1.807, 2.05) is 0 Å². The molecule has 2 aliphatic rings. The maximum atomic E-state index is 12.5. The molecule has 0 saturated carbocycles. The zero-order valence-corrected chi connectivity index (χ0v) is 19.0. The number of carbonyl (C=O) groups is 4. The average molecular weight is 447 g/mol. The van der Waals surface area contributed by atoms with Crippen molar-refractivity contribution < 1.29 is 63.8 Å². The van der Waals surface area contributed by atoms with Gasteiger partial charge in [0.25, 0.3) is 11.8 Å². The molecule has 3 heterocycles. The number of amides is 2. The second-order valence-corrected chi connectivity index (χ2v) is 7.86.